The van der Waals surface area contributed by atoms with Gasteiger partial charge < -0.3 is 19.5 Å². The molecule has 0 spiro atoms. The lowest BCUT2D eigenvalue weighted by atomic mass is 10.1. The lowest BCUT2D eigenvalue weighted by Gasteiger charge is -2.13. The highest BCUT2D eigenvalue weighted by molar-refractivity contribution is 5.93. The van der Waals surface area contributed by atoms with Gasteiger partial charge in [0.25, 0.3) is 0 Å². The van der Waals surface area contributed by atoms with Crippen molar-refractivity contribution in [1.82, 2.24) is 9.97 Å². The van der Waals surface area contributed by atoms with E-state index in [4.69, 9.17) is 14.2 Å². The molecule has 4 aromatic rings. The van der Waals surface area contributed by atoms with E-state index in [1.807, 2.05) is 42.5 Å². The minimum absolute atomic E-state index is 0.166. The number of hydrogen-bond acceptors (Lipinski definition) is 6. The third kappa shape index (κ3) is 4.21. The fraction of sp³-hybridized carbons (Fsp3) is 0.130. The minimum Gasteiger partial charge on any atom is -0.481 e. The Morgan fingerprint density at radius 2 is 1.48 bits per heavy atom. The summed E-state index contributed by atoms with van der Waals surface area (Å²) in [6.45, 7) is 0.589. The molecule has 1 N–H and O–H groups in total. The fourth-order valence-electron chi connectivity index (χ4n) is 3.06. The van der Waals surface area contributed by atoms with Crippen LogP contribution in [0.2, 0.25) is 0 Å². The van der Waals surface area contributed by atoms with Gasteiger partial charge in [0.1, 0.15) is 5.75 Å². The number of aromatic nitrogens is 2. The SMILES string of the molecule is COc1cc(OC)nc(Oc2ccccc2CNc2cccc3ccccc23)n1. The molecule has 0 atom stereocenters. The minimum atomic E-state index is 0.166. The molecule has 1 heterocycles. The molecule has 0 saturated carbocycles. The topological polar surface area (TPSA) is 65.5 Å². The largest absolute Gasteiger partial charge is 0.481 e. The Morgan fingerprint density at radius 3 is 2.28 bits per heavy atom. The van der Waals surface area contributed by atoms with Crippen LogP contribution in [0.5, 0.6) is 23.5 Å². The van der Waals surface area contributed by atoms with Crippen molar-refractivity contribution >= 4 is 16.5 Å². The normalized spacial score (nSPS) is 10.6. The molecule has 6 nitrogen and oxygen atoms in total. The molecule has 1 aromatic heterocycles. The molecule has 0 unspecified atom stereocenters. The molecular formula is C23H21N3O3. The Morgan fingerprint density at radius 1 is 0.793 bits per heavy atom. The molecule has 0 amide bonds. The molecule has 4 rings (SSSR count). The van der Waals surface area contributed by atoms with Gasteiger partial charge in [-0.3, -0.25) is 0 Å². The van der Waals surface area contributed by atoms with Crippen LogP contribution in [0.4, 0.5) is 5.69 Å². The van der Waals surface area contributed by atoms with E-state index in [2.05, 4.69) is 39.6 Å². The molecular weight excluding hydrogens is 366 g/mol. The van der Waals surface area contributed by atoms with Gasteiger partial charge in [0, 0.05) is 23.2 Å². The highest BCUT2D eigenvalue weighted by Crippen LogP contribution is 2.28. The molecule has 29 heavy (non-hydrogen) atoms. The van der Waals surface area contributed by atoms with Gasteiger partial charge in [-0.2, -0.15) is 9.97 Å². The van der Waals surface area contributed by atoms with Crippen molar-refractivity contribution in [3.05, 3.63) is 78.4 Å². The predicted octanol–water partition coefficient (Wildman–Crippen LogP) is 5.05. The third-order valence-electron chi connectivity index (χ3n) is 4.51. The molecule has 0 fully saturated rings. The van der Waals surface area contributed by atoms with Gasteiger partial charge in [0.15, 0.2) is 0 Å². The molecule has 146 valence electrons. The first kappa shape index (κ1) is 18.6. The lowest BCUT2D eigenvalue weighted by molar-refractivity contribution is 0.347. The summed E-state index contributed by atoms with van der Waals surface area (Å²) in [5.41, 5.74) is 2.04. The smallest absolute Gasteiger partial charge is 0.328 e. The van der Waals surface area contributed by atoms with Crippen LogP contribution in [0.1, 0.15) is 5.56 Å². The van der Waals surface area contributed by atoms with E-state index in [1.54, 1.807) is 6.07 Å². The number of hydrogen-bond donors (Lipinski definition) is 1. The van der Waals surface area contributed by atoms with Crippen LogP contribution < -0.4 is 19.5 Å². The quantitative estimate of drug-likeness (QED) is 0.479. The number of anilines is 1. The van der Waals surface area contributed by atoms with Crippen molar-refractivity contribution in [1.29, 1.82) is 0 Å². The van der Waals surface area contributed by atoms with Crippen LogP contribution in [-0.4, -0.2) is 24.2 Å². The van der Waals surface area contributed by atoms with E-state index in [0.29, 0.717) is 24.1 Å². The van der Waals surface area contributed by atoms with Crippen molar-refractivity contribution in [3.63, 3.8) is 0 Å². The first-order valence-electron chi connectivity index (χ1n) is 9.21. The van der Waals surface area contributed by atoms with E-state index in [0.717, 1.165) is 11.3 Å². The Bertz CT molecular complexity index is 1100. The van der Waals surface area contributed by atoms with Gasteiger partial charge in [-0.1, -0.05) is 54.6 Å². The summed E-state index contributed by atoms with van der Waals surface area (Å²) < 4.78 is 16.3. The van der Waals surface area contributed by atoms with E-state index >= 15 is 0 Å². The van der Waals surface area contributed by atoms with E-state index in [9.17, 15) is 0 Å². The summed E-state index contributed by atoms with van der Waals surface area (Å²) in [5, 5.41) is 5.87. The second-order valence-corrected chi connectivity index (χ2v) is 6.33. The molecule has 0 aliphatic heterocycles. The summed E-state index contributed by atoms with van der Waals surface area (Å²) in [4.78, 5) is 8.48. The zero-order chi connectivity index (χ0) is 20.1. The second-order valence-electron chi connectivity index (χ2n) is 6.33. The van der Waals surface area contributed by atoms with Crippen LogP contribution in [0.25, 0.3) is 10.8 Å². The summed E-state index contributed by atoms with van der Waals surface area (Å²) in [6, 6.07) is 24.0. The highest BCUT2D eigenvalue weighted by atomic mass is 16.5. The van der Waals surface area contributed by atoms with Gasteiger partial charge in [0.05, 0.1) is 20.3 Å². The lowest BCUT2D eigenvalue weighted by Crippen LogP contribution is -2.03. The Hall–Kier alpha value is -3.80. The summed E-state index contributed by atoms with van der Waals surface area (Å²) in [5.74, 6) is 1.41. The van der Waals surface area contributed by atoms with Crippen molar-refractivity contribution in [2.24, 2.45) is 0 Å². The molecule has 0 saturated heterocycles. The average molecular weight is 387 g/mol. The second kappa shape index (κ2) is 8.48. The highest BCUT2D eigenvalue weighted by Gasteiger charge is 2.11. The monoisotopic (exact) mass is 387 g/mol. The molecule has 3 aromatic carbocycles. The van der Waals surface area contributed by atoms with Gasteiger partial charge in [-0.15, -0.1) is 0 Å². The Labute approximate surface area is 169 Å². The third-order valence-corrected chi connectivity index (χ3v) is 4.51. The van der Waals surface area contributed by atoms with Crippen molar-refractivity contribution in [3.8, 4) is 23.5 Å². The van der Waals surface area contributed by atoms with E-state index < -0.39 is 0 Å². The zero-order valence-corrected chi connectivity index (χ0v) is 16.3. The van der Waals surface area contributed by atoms with Crippen molar-refractivity contribution in [2.45, 2.75) is 6.54 Å². The van der Waals surface area contributed by atoms with E-state index in [1.165, 1.54) is 25.0 Å². The van der Waals surface area contributed by atoms with Crippen molar-refractivity contribution in [2.75, 3.05) is 19.5 Å². The van der Waals surface area contributed by atoms with Gasteiger partial charge in [-0.05, 0) is 17.5 Å². The van der Waals surface area contributed by atoms with Crippen molar-refractivity contribution < 1.29 is 14.2 Å². The van der Waals surface area contributed by atoms with Crippen LogP contribution in [-0.2, 0) is 6.54 Å². The Kier molecular flexibility index (Phi) is 5.42. The molecule has 0 radical (unpaired) electrons. The molecule has 0 aliphatic carbocycles. The van der Waals surface area contributed by atoms with Gasteiger partial charge in [0.2, 0.25) is 11.8 Å². The maximum Gasteiger partial charge on any atom is 0.328 e. The number of nitrogens with zero attached hydrogens (tertiary/aromatic N) is 2. The number of nitrogens with one attached hydrogen (secondary N) is 1. The summed E-state index contributed by atoms with van der Waals surface area (Å²) in [7, 11) is 3.07. The number of ether oxygens (including phenoxy) is 3. The standard InChI is InChI=1S/C23H21N3O3/c1-27-21-14-22(28-2)26-23(25-21)29-20-13-6-4-9-17(20)15-24-19-12-7-10-16-8-3-5-11-18(16)19/h3-14,24H,15H2,1-2H3. The van der Waals surface area contributed by atoms with E-state index in [-0.39, 0.29) is 6.01 Å². The molecule has 0 bridgehead atoms. The van der Waals surface area contributed by atoms with Gasteiger partial charge in [-0.25, -0.2) is 0 Å². The molecule has 0 aliphatic rings. The van der Waals surface area contributed by atoms with Crippen LogP contribution in [0.3, 0.4) is 0 Å². The number of para-hydroxylation sites is 1. The van der Waals surface area contributed by atoms with Crippen LogP contribution in [0.15, 0.2) is 72.8 Å². The maximum absolute atomic E-state index is 5.95. The number of benzene rings is 3. The first-order chi connectivity index (χ1) is 14.3. The number of fused-ring (bicyclic) bond motifs is 1. The summed E-state index contributed by atoms with van der Waals surface area (Å²) in [6.07, 6.45) is 0. The number of methoxy groups -OCH3 is 2. The average Bonchev–Trinajstić information content (AvgIpc) is 2.78. The fourth-order valence-corrected chi connectivity index (χ4v) is 3.06. The Balaban J connectivity index is 1.57. The predicted molar refractivity (Wildman–Crippen MR) is 113 cm³/mol. The van der Waals surface area contributed by atoms with Crippen LogP contribution in [0, 0.1) is 0 Å². The first-order valence-corrected chi connectivity index (χ1v) is 9.21. The number of rotatable bonds is 7. The van der Waals surface area contributed by atoms with Crippen LogP contribution >= 0.6 is 0 Å². The molecule has 6 heteroatoms. The summed E-state index contributed by atoms with van der Waals surface area (Å²) >= 11 is 0. The zero-order valence-electron chi connectivity index (χ0n) is 16.3. The maximum atomic E-state index is 5.95. The van der Waals surface area contributed by atoms with Gasteiger partial charge >= 0.3 is 6.01 Å².